The van der Waals surface area contributed by atoms with Crippen LogP contribution < -0.4 is 0 Å². The van der Waals surface area contributed by atoms with Gasteiger partial charge >= 0.3 is 0 Å². The van der Waals surface area contributed by atoms with Crippen molar-refractivity contribution >= 4 is 20.6 Å². The molecular weight excluding hydrogens is 202 g/mol. The maximum Gasteiger partial charge on any atom is 0.103 e. The zero-order chi connectivity index (χ0) is 8.85. The summed E-state index contributed by atoms with van der Waals surface area (Å²) in [5.41, 5.74) is 2.25. The molecule has 0 aliphatic rings. The molecule has 11 heavy (non-hydrogen) atoms. The predicted molar refractivity (Wildman–Crippen MR) is 55.5 cm³/mol. The number of hydrogen-bond donors (Lipinski definition) is 0. The molecule has 0 fully saturated rings. The first-order valence-corrected chi connectivity index (χ1v) is 4.32. The number of aliphatic imine (C=N–C) groups is 1. The van der Waals surface area contributed by atoms with E-state index in [1.807, 2.05) is 6.92 Å². The molecule has 0 aromatic carbocycles. The third kappa shape index (κ3) is 6.05. The standard InChI is InChI=1S/C9H14BrN/c1-7(2)5-6-11-9(10)8(3)4/h5H,3,6H2,1-2,4H3. The summed E-state index contributed by atoms with van der Waals surface area (Å²) in [6, 6.07) is 0. The molecule has 0 saturated carbocycles. The van der Waals surface area contributed by atoms with Crippen molar-refractivity contribution in [2.75, 3.05) is 6.54 Å². The minimum atomic E-state index is 0.732. The number of allylic oxidation sites excluding steroid dienone is 2. The Balaban J connectivity index is 3.94. The first-order chi connectivity index (χ1) is 5.04. The van der Waals surface area contributed by atoms with Crippen molar-refractivity contribution in [2.24, 2.45) is 4.99 Å². The summed E-state index contributed by atoms with van der Waals surface area (Å²) >= 11 is 3.31. The lowest BCUT2D eigenvalue weighted by Gasteiger charge is -1.93. The second-order valence-corrected chi connectivity index (χ2v) is 3.44. The van der Waals surface area contributed by atoms with E-state index in [1.165, 1.54) is 5.57 Å². The molecule has 0 unspecified atom stereocenters. The van der Waals surface area contributed by atoms with Gasteiger partial charge < -0.3 is 0 Å². The van der Waals surface area contributed by atoms with Crippen molar-refractivity contribution in [3.05, 3.63) is 23.8 Å². The number of rotatable bonds is 3. The van der Waals surface area contributed by atoms with Crippen LogP contribution in [0, 0.1) is 0 Å². The van der Waals surface area contributed by atoms with E-state index in [2.05, 4.69) is 47.4 Å². The van der Waals surface area contributed by atoms with Gasteiger partial charge in [0.25, 0.3) is 0 Å². The van der Waals surface area contributed by atoms with E-state index in [0.717, 1.165) is 16.7 Å². The fraction of sp³-hybridized carbons (Fsp3) is 0.444. The van der Waals surface area contributed by atoms with Gasteiger partial charge in [-0.15, -0.1) is 0 Å². The van der Waals surface area contributed by atoms with Gasteiger partial charge in [-0.2, -0.15) is 0 Å². The van der Waals surface area contributed by atoms with E-state index in [0.29, 0.717) is 0 Å². The maximum absolute atomic E-state index is 4.22. The summed E-state index contributed by atoms with van der Waals surface area (Å²) in [5.74, 6) is 0. The van der Waals surface area contributed by atoms with Crippen LogP contribution in [0.2, 0.25) is 0 Å². The van der Waals surface area contributed by atoms with E-state index in [4.69, 9.17) is 0 Å². The number of hydrogen-bond acceptors (Lipinski definition) is 1. The predicted octanol–water partition coefficient (Wildman–Crippen LogP) is 3.32. The first kappa shape index (κ1) is 10.6. The Morgan fingerprint density at radius 1 is 1.45 bits per heavy atom. The molecule has 0 N–H and O–H groups in total. The van der Waals surface area contributed by atoms with Gasteiger partial charge in [-0.25, -0.2) is 0 Å². The minimum Gasteiger partial charge on any atom is -0.273 e. The summed E-state index contributed by atoms with van der Waals surface area (Å²) in [7, 11) is 0. The quantitative estimate of drug-likeness (QED) is 0.506. The molecular formula is C9H14BrN. The van der Waals surface area contributed by atoms with Gasteiger partial charge in [-0.3, -0.25) is 4.99 Å². The molecule has 1 nitrogen and oxygen atoms in total. The van der Waals surface area contributed by atoms with E-state index in [1.54, 1.807) is 0 Å². The smallest absolute Gasteiger partial charge is 0.103 e. The molecule has 0 aliphatic carbocycles. The Kier molecular flexibility index (Phi) is 5.12. The maximum atomic E-state index is 4.22. The van der Waals surface area contributed by atoms with Gasteiger partial charge in [0.15, 0.2) is 0 Å². The Labute approximate surface area is 77.0 Å². The molecule has 62 valence electrons. The summed E-state index contributed by atoms with van der Waals surface area (Å²) in [6.07, 6.45) is 2.07. The van der Waals surface area contributed by atoms with Crippen LogP contribution in [0.4, 0.5) is 0 Å². The normalized spacial score (nSPS) is 11.1. The Morgan fingerprint density at radius 3 is 2.36 bits per heavy atom. The molecule has 0 heterocycles. The largest absolute Gasteiger partial charge is 0.273 e. The lowest BCUT2D eigenvalue weighted by Crippen LogP contribution is -1.88. The summed E-state index contributed by atoms with van der Waals surface area (Å²) in [6.45, 7) is 10.5. The third-order valence-electron chi connectivity index (χ3n) is 1.08. The monoisotopic (exact) mass is 215 g/mol. The Morgan fingerprint density at radius 2 is 2.00 bits per heavy atom. The zero-order valence-electron chi connectivity index (χ0n) is 7.32. The first-order valence-electron chi connectivity index (χ1n) is 3.53. The van der Waals surface area contributed by atoms with Crippen molar-refractivity contribution in [3.8, 4) is 0 Å². The topological polar surface area (TPSA) is 12.4 Å². The van der Waals surface area contributed by atoms with Crippen LogP contribution in [0.5, 0.6) is 0 Å². The molecule has 0 aliphatic heterocycles. The molecule has 0 aromatic heterocycles. The van der Waals surface area contributed by atoms with Gasteiger partial charge in [0, 0.05) is 0 Å². The summed E-state index contributed by atoms with van der Waals surface area (Å²) in [5, 5.41) is 0. The van der Waals surface area contributed by atoms with Gasteiger partial charge in [0.05, 0.1) is 6.54 Å². The SMILES string of the molecule is C=C(C)C(Br)=NCC=C(C)C. The molecule has 0 amide bonds. The average Bonchev–Trinajstić information content (AvgIpc) is 1.86. The zero-order valence-corrected chi connectivity index (χ0v) is 8.90. The number of nitrogens with zero attached hydrogens (tertiary/aromatic N) is 1. The van der Waals surface area contributed by atoms with E-state index in [-0.39, 0.29) is 0 Å². The summed E-state index contributed by atoms with van der Waals surface area (Å²) < 4.78 is 0.856. The van der Waals surface area contributed by atoms with Crippen LogP contribution in [0.25, 0.3) is 0 Å². The molecule has 0 spiro atoms. The molecule has 0 rings (SSSR count). The van der Waals surface area contributed by atoms with E-state index < -0.39 is 0 Å². The van der Waals surface area contributed by atoms with Crippen LogP contribution in [0.3, 0.4) is 0 Å². The average molecular weight is 216 g/mol. The lowest BCUT2D eigenvalue weighted by molar-refractivity contribution is 1.20. The van der Waals surface area contributed by atoms with Crippen molar-refractivity contribution in [3.63, 3.8) is 0 Å². The van der Waals surface area contributed by atoms with Crippen LogP contribution in [-0.4, -0.2) is 11.2 Å². The molecule has 0 radical (unpaired) electrons. The third-order valence-corrected chi connectivity index (χ3v) is 2.01. The van der Waals surface area contributed by atoms with Crippen LogP contribution >= 0.6 is 15.9 Å². The molecule has 0 atom stereocenters. The fourth-order valence-electron chi connectivity index (χ4n) is 0.443. The van der Waals surface area contributed by atoms with Crippen LogP contribution in [0.1, 0.15) is 20.8 Å². The molecule has 0 aromatic rings. The van der Waals surface area contributed by atoms with E-state index >= 15 is 0 Å². The van der Waals surface area contributed by atoms with Crippen molar-refractivity contribution in [1.29, 1.82) is 0 Å². The van der Waals surface area contributed by atoms with E-state index in [9.17, 15) is 0 Å². The highest BCUT2D eigenvalue weighted by molar-refractivity contribution is 9.18. The van der Waals surface area contributed by atoms with Crippen LogP contribution in [-0.2, 0) is 0 Å². The number of halogens is 1. The second-order valence-electron chi connectivity index (χ2n) is 2.69. The fourth-order valence-corrected chi connectivity index (χ4v) is 0.588. The highest BCUT2D eigenvalue weighted by Gasteiger charge is 1.89. The van der Waals surface area contributed by atoms with Crippen molar-refractivity contribution in [1.82, 2.24) is 0 Å². The molecule has 2 heteroatoms. The van der Waals surface area contributed by atoms with Crippen molar-refractivity contribution in [2.45, 2.75) is 20.8 Å². The molecule has 0 bridgehead atoms. The van der Waals surface area contributed by atoms with Gasteiger partial charge in [0.2, 0.25) is 0 Å². The Bertz CT molecular complexity index is 198. The molecule has 0 saturated heterocycles. The second kappa shape index (κ2) is 5.30. The van der Waals surface area contributed by atoms with Gasteiger partial charge in [-0.1, -0.05) is 18.2 Å². The highest BCUT2D eigenvalue weighted by Crippen LogP contribution is 2.01. The Hall–Kier alpha value is -0.370. The van der Waals surface area contributed by atoms with Gasteiger partial charge in [-0.05, 0) is 42.3 Å². The minimum absolute atomic E-state index is 0.732. The lowest BCUT2D eigenvalue weighted by atomic mass is 10.3. The summed E-state index contributed by atoms with van der Waals surface area (Å²) in [4.78, 5) is 4.22. The van der Waals surface area contributed by atoms with Crippen LogP contribution in [0.15, 0.2) is 28.8 Å². The van der Waals surface area contributed by atoms with Crippen molar-refractivity contribution < 1.29 is 0 Å². The highest BCUT2D eigenvalue weighted by atomic mass is 79.9. The van der Waals surface area contributed by atoms with Gasteiger partial charge in [0.1, 0.15) is 4.62 Å².